The van der Waals surface area contributed by atoms with Crippen LogP contribution in [0.4, 0.5) is 34.1 Å². The Morgan fingerprint density at radius 3 is 1.02 bits per heavy atom. The van der Waals surface area contributed by atoms with Gasteiger partial charge in [0.15, 0.2) is 0 Å². The number of carbonyl (C=O) groups is 2. The van der Waals surface area contributed by atoms with Gasteiger partial charge in [-0.05, 0) is 240 Å². The van der Waals surface area contributed by atoms with Crippen molar-refractivity contribution in [2.75, 3.05) is 9.80 Å². The van der Waals surface area contributed by atoms with Crippen LogP contribution in [0.25, 0.3) is 85.9 Å². The highest BCUT2D eigenvalue weighted by Gasteiger charge is 2.46. The zero-order valence-corrected chi connectivity index (χ0v) is 62.2. The number of unbranched alkanes of at least 4 members (excludes halogenated alkanes) is 2. The Morgan fingerprint density at radius 1 is 0.398 bits per heavy atom. The first-order chi connectivity index (χ1) is 50.2. The second kappa shape index (κ2) is 31.8. The van der Waals surface area contributed by atoms with E-state index >= 15 is 0 Å². The molecule has 0 radical (unpaired) electrons. The summed E-state index contributed by atoms with van der Waals surface area (Å²) in [4.78, 5) is 35.6. The quantitative estimate of drug-likeness (QED) is 0.0366. The Bertz CT molecular complexity index is 4830. The largest absolute Gasteiger partial charge is 0.477 e. The van der Waals surface area contributed by atoms with E-state index < -0.39 is 11.9 Å². The van der Waals surface area contributed by atoms with Gasteiger partial charge in [-0.3, -0.25) is 0 Å². The first kappa shape index (κ1) is 71.0. The molecule has 12 aromatic rings. The standard InChI is InChI=1S/C91H82N4O4S4/c1-7-11-13-61(9-3)55-91(56-62(10-4)14-12-8-2)81-53-67(63-19-33-73(34-20-63)94(71-29-15-59(5)16-30-71)75-37-23-65(24-38-75)83-47-49-87(102-83)85-45-41-77(100-85)51-69(57-92)89(96)97)27-43-79(81)80-44-28-68(54-82(80)91)64-21-35-74(36-22-64)95(72-31-17-60(6)18-32-72)76-39-25-66(26-40-76)84-48-50-88(103-84)86-46-42-78(101-86)52-70(58-93)90(98)99/h15-54,61-62H,7-14,55-56H2,1-6H3,(H,96,97)(H,98,99)/b69-51-,70-52-. The van der Waals surface area contributed by atoms with Gasteiger partial charge in [-0.25, -0.2) is 9.59 Å². The predicted octanol–water partition coefficient (Wildman–Crippen LogP) is 27.0. The van der Waals surface area contributed by atoms with Gasteiger partial charge in [0.2, 0.25) is 0 Å². The Hall–Kier alpha value is -10.4. The van der Waals surface area contributed by atoms with Crippen LogP contribution in [0.1, 0.15) is 124 Å². The number of anilines is 6. The maximum absolute atomic E-state index is 11.5. The van der Waals surface area contributed by atoms with Gasteiger partial charge in [-0.2, -0.15) is 10.5 Å². The van der Waals surface area contributed by atoms with E-state index in [1.54, 1.807) is 34.8 Å². The summed E-state index contributed by atoms with van der Waals surface area (Å²) in [5, 5.41) is 37.5. The fourth-order valence-electron chi connectivity index (χ4n) is 14.6. The minimum atomic E-state index is -1.23. The van der Waals surface area contributed by atoms with Crippen molar-refractivity contribution >= 4 is 104 Å². The third-order valence-corrected chi connectivity index (χ3v) is 25.0. The second-order valence-electron chi connectivity index (χ2n) is 27.1. The van der Waals surface area contributed by atoms with Crippen LogP contribution < -0.4 is 9.80 Å². The zero-order valence-electron chi connectivity index (χ0n) is 59.0. The number of nitriles is 2. The van der Waals surface area contributed by atoms with E-state index in [-0.39, 0.29) is 16.6 Å². The summed E-state index contributed by atoms with van der Waals surface area (Å²) in [6.45, 7) is 13.8. The van der Waals surface area contributed by atoms with Crippen LogP contribution in [-0.4, -0.2) is 22.2 Å². The summed E-state index contributed by atoms with van der Waals surface area (Å²) in [5.41, 5.74) is 20.7. The summed E-state index contributed by atoms with van der Waals surface area (Å²) in [6.07, 6.45) is 14.6. The third-order valence-electron chi connectivity index (χ3n) is 20.3. The van der Waals surface area contributed by atoms with Gasteiger partial charge in [0.25, 0.3) is 0 Å². The van der Waals surface area contributed by atoms with Crippen LogP contribution in [0.5, 0.6) is 0 Å². The molecule has 1 aliphatic rings. The number of hydrogen-bond donors (Lipinski definition) is 2. The number of rotatable bonds is 28. The van der Waals surface area contributed by atoms with Crippen molar-refractivity contribution < 1.29 is 19.8 Å². The lowest BCUT2D eigenvalue weighted by atomic mass is 9.64. The van der Waals surface area contributed by atoms with Crippen LogP contribution in [0.3, 0.4) is 0 Å². The zero-order chi connectivity index (χ0) is 71.7. The molecule has 1 aliphatic carbocycles. The third kappa shape index (κ3) is 15.5. The van der Waals surface area contributed by atoms with E-state index in [0.29, 0.717) is 11.8 Å². The molecule has 4 aromatic heterocycles. The maximum atomic E-state index is 11.5. The van der Waals surface area contributed by atoms with E-state index in [1.165, 1.54) is 129 Å². The molecule has 0 saturated carbocycles. The molecule has 0 bridgehead atoms. The second-order valence-corrected chi connectivity index (χ2v) is 31.5. The first-order valence-electron chi connectivity index (χ1n) is 35.7. The van der Waals surface area contributed by atoms with E-state index in [4.69, 9.17) is 0 Å². The highest BCUT2D eigenvalue weighted by Crippen LogP contribution is 2.58. The monoisotopic (exact) mass is 1420 g/mol. The molecule has 2 N–H and O–H groups in total. The summed E-state index contributed by atoms with van der Waals surface area (Å²) in [7, 11) is 0. The highest BCUT2D eigenvalue weighted by molar-refractivity contribution is 7.24. The normalized spacial score (nSPS) is 13.0. The van der Waals surface area contributed by atoms with Gasteiger partial charge in [-0.1, -0.05) is 187 Å². The number of aliphatic carboxylic acids is 2. The molecule has 12 heteroatoms. The molecule has 103 heavy (non-hydrogen) atoms. The fraction of sp³-hybridized carbons (Fsp3) is 0.209. The molecule has 13 rings (SSSR count). The Labute approximate surface area is 621 Å². The number of benzene rings is 8. The van der Waals surface area contributed by atoms with Crippen molar-refractivity contribution in [1.82, 2.24) is 0 Å². The van der Waals surface area contributed by atoms with Crippen molar-refractivity contribution in [3.05, 3.63) is 274 Å². The lowest BCUT2D eigenvalue weighted by Crippen LogP contribution is -2.31. The van der Waals surface area contributed by atoms with Crippen LogP contribution in [0, 0.1) is 48.3 Å². The predicted molar refractivity (Wildman–Crippen MR) is 434 cm³/mol. The fourth-order valence-corrected chi connectivity index (χ4v) is 18.7. The summed E-state index contributed by atoms with van der Waals surface area (Å²) in [6, 6.07) is 88.0. The van der Waals surface area contributed by atoms with Crippen molar-refractivity contribution in [3.8, 4) is 85.9 Å². The molecule has 4 heterocycles. The van der Waals surface area contributed by atoms with Gasteiger partial charge in [-0.15, -0.1) is 45.3 Å². The summed E-state index contributed by atoms with van der Waals surface area (Å²) < 4.78 is 0. The average molecular weight is 1420 g/mol. The van der Waals surface area contributed by atoms with E-state index in [1.807, 2.05) is 24.3 Å². The molecule has 2 unspecified atom stereocenters. The molecule has 514 valence electrons. The van der Waals surface area contributed by atoms with Crippen molar-refractivity contribution in [1.29, 1.82) is 10.5 Å². The number of aryl methyl sites for hydroxylation is 2. The number of thiophene rings is 4. The number of nitrogens with zero attached hydrogens (tertiary/aromatic N) is 4. The molecule has 2 atom stereocenters. The average Bonchev–Trinajstić information content (AvgIpc) is 1.56. The maximum Gasteiger partial charge on any atom is 0.346 e. The lowest BCUT2D eigenvalue weighted by molar-refractivity contribution is -0.133. The van der Waals surface area contributed by atoms with E-state index in [9.17, 15) is 30.3 Å². The molecule has 0 saturated heterocycles. The van der Waals surface area contributed by atoms with Crippen LogP contribution in [0.2, 0.25) is 0 Å². The minimum Gasteiger partial charge on any atom is -0.477 e. The van der Waals surface area contributed by atoms with Crippen molar-refractivity contribution in [3.63, 3.8) is 0 Å². The minimum absolute atomic E-state index is 0.202. The van der Waals surface area contributed by atoms with Crippen molar-refractivity contribution in [2.24, 2.45) is 11.8 Å². The van der Waals surface area contributed by atoms with Crippen molar-refractivity contribution in [2.45, 2.75) is 111 Å². The molecule has 0 spiro atoms. The molecule has 8 nitrogen and oxygen atoms in total. The Morgan fingerprint density at radius 2 is 0.699 bits per heavy atom. The lowest BCUT2D eigenvalue weighted by Gasteiger charge is -2.39. The Kier molecular flexibility index (Phi) is 21.9. The first-order valence-corrected chi connectivity index (χ1v) is 39.0. The number of fused-ring (bicyclic) bond motifs is 3. The topological polar surface area (TPSA) is 129 Å². The Balaban J connectivity index is 0.816. The van der Waals surface area contributed by atoms with E-state index in [2.05, 4.69) is 258 Å². The van der Waals surface area contributed by atoms with Gasteiger partial charge >= 0.3 is 11.9 Å². The number of carboxylic acids is 2. The highest BCUT2D eigenvalue weighted by atomic mass is 32.1. The number of hydrogen-bond acceptors (Lipinski definition) is 10. The van der Waals surface area contributed by atoms with Crippen LogP contribution >= 0.6 is 45.3 Å². The van der Waals surface area contributed by atoms with Gasteiger partial charge in [0, 0.05) is 78.6 Å². The molecule has 0 fully saturated rings. The SMILES string of the molecule is CCCCC(CC)CC1(CC(CC)CCCC)c2cc(-c3ccc(N(c4ccc(C)cc4)c4ccc(-c5ccc(-c6ccc(/C=C(/C#N)C(=O)O)s6)s5)cc4)cc3)ccc2-c2ccc(-c3ccc(N(c4ccc(C)cc4)c4ccc(-c5ccc(-c6ccc(/C=C(/C#N)C(=O)O)s6)s5)cc4)cc3)cc21. The smallest absolute Gasteiger partial charge is 0.346 e. The van der Waals surface area contributed by atoms with Gasteiger partial charge < -0.3 is 20.0 Å². The van der Waals surface area contributed by atoms with Crippen LogP contribution in [0.15, 0.2) is 242 Å². The van der Waals surface area contributed by atoms with E-state index in [0.717, 1.165) is 110 Å². The molecular weight excluding hydrogens is 1340 g/mol. The molecule has 0 aliphatic heterocycles. The number of carboxylic acid groups (broad SMARTS) is 2. The molecular formula is C91H82N4O4S4. The molecule has 0 amide bonds. The summed E-state index contributed by atoms with van der Waals surface area (Å²) >= 11 is 6.33. The summed E-state index contributed by atoms with van der Waals surface area (Å²) in [5.74, 6) is -1.33. The van der Waals surface area contributed by atoms with Gasteiger partial charge in [0.05, 0.1) is 0 Å². The van der Waals surface area contributed by atoms with Crippen LogP contribution in [-0.2, 0) is 15.0 Å². The molecule has 8 aromatic carbocycles. The van der Waals surface area contributed by atoms with Gasteiger partial charge in [0.1, 0.15) is 23.3 Å².